The molecule has 5 nitrogen and oxygen atoms in total. The molecule has 20 heavy (non-hydrogen) atoms. The average molecular weight is 283 g/mol. The molecule has 116 valence electrons. The molecule has 1 fully saturated rings. The van der Waals surface area contributed by atoms with Gasteiger partial charge in [0.1, 0.15) is 0 Å². The van der Waals surface area contributed by atoms with E-state index in [1.54, 1.807) is 11.9 Å². The Kier molecular flexibility index (Phi) is 7.59. The second-order valence-corrected chi connectivity index (χ2v) is 5.65. The first-order valence-corrected chi connectivity index (χ1v) is 7.76. The monoisotopic (exact) mass is 283 g/mol. The number of nitrogens with zero attached hydrogens (tertiary/aromatic N) is 2. The van der Waals surface area contributed by atoms with Crippen LogP contribution < -0.4 is 5.32 Å². The summed E-state index contributed by atoms with van der Waals surface area (Å²) in [4.78, 5) is 27.5. The van der Waals surface area contributed by atoms with E-state index in [-0.39, 0.29) is 18.4 Å². The summed E-state index contributed by atoms with van der Waals surface area (Å²) in [6, 6.07) is 0.363. The molecule has 0 aromatic heterocycles. The molecule has 1 aliphatic carbocycles. The summed E-state index contributed by atoms with van der Waals surface area (Å²) in [5, 5.41) is 3.12. The van der Waals surface area contributed by atoms with Gasteiger partial charge in [0, 0.05) is 33.1 Å². The molecule has 1 rings (SSSR count). The van der Waals surface area contributed by atoms with Crippen LogP contribution in [0.15, 0.2) is 0 Å². The van der Waals surface area contributed by atoms with Gasteiger partial charge in [-0.2, -0.15) is 0 Å². The first-order valence-electron chi connectivity index (χ1n) is 7.76. The van der Waals surface area contributed by atoms with Gasteiger partial charge in [-0.25, -0.2) is 0 Å². The Labute approximate surface area is 122 Å². The van der Waals surface area contributed by atoms with Crippen molar-refractivity contribution in [3.63, 3.8) is 0 Å². The van der Waals surface area contributed by atoms with Gasteiger partial charge in [-0.3, -0.25) is 9.59 Å². The lowest BCUT2D eigenvalue weighted by Crippen LogP contribution is -2.44. The zero-order valence-electron chi connectivity index (χ0n) is 13.2. The van der Waals surface area contributed by atoms with E-state index in [0.717, 1.165) is 19.4 Å². The van der Waals surface area contributed by atoms with Crippen LogP contribution in [0.5, 0.6) is 0 Å². The van der Waals surface area contributed by atoms with Gasteiger partial charge in [-0.05, 0) is 19.4 Å². The smallest absolute Gasteiger partial charge is 0.242 e. The number of hydrogen-bond donors (Lipinski definition) is 1. The van der Waals surface area contributed by atoms with Crippen molar-refractivity contribution in [3.8, 4) is 0 Å². The third-order valence-corrected chi connectivity index (χ3v) is 4.08. The molecule has 0 aromatic carbocycles. The maximum Gasteiger partial charge on any atom is 0.242 e. The zero-order valence-corrected chi connectivity index (χ0v) is 13.2. The van der Waals surface area contributed by atoms with Crippen molar-refractivity contribution in [2.45, 2.75) is 51.5 Å². The van der Waals surface area contributed by atoms with Gasteiger partial charge >= 0.3 is 0 Å². The van der Waals surface area contributed by atoms with Gasteiger partial charge < -0.3 is 15.1 Å². The van der Waals surface area contributed by atoms with Crippen molar-refractivity contribution in [2.75, 3.05) is 33.7 Å². The summed E-state index contributed by atoms with van der Waals surface area (Å²) >= 11 is 0. The third-order valence-electron chi connectivity index (χ3n) is 4.08. The van der Waals surface area contributed by atoms with Crippen molar-refractivity contribution in [1.29, 1.82) is 0 Å². The predicted molar refractivity (Wildman–Crippen MR) is 80.4 cm³/mol. The Balaban J connectivity index is 2.33. The molecule has 0 radical (unpaired) electrons. The van der Waals surface area contributed by atoms with Crippen molar-refractivity contribution in [1.82, 2.24) is 15.1 Å². The molecular formula is C15H29N3O2. The summed E-state index contributed by atoms with van der Waals surface area (Å²) in [6.45, 7) is 3.74. The molecule has 5 heteroatoms. The Bertz CT molecular complexity index is 314. The number of likely N-dealkylation sites (N-methyl/N-ethyl adjacent to an activating group) is 2. The first kappa shape index (κ1) is 17.0. The minimum atomic E-state index is 0.0244. The summed E-state index contributed by atoms with van der Waals surface area (Å²) in [5.74, 6) is 0.0764. The van der Waals surface area contributed by atoms with Crippen molar-refractivity contribution >= 4 is 11.8 Å². The van der Waals surface area contributed by atoms with E-state index in [2.05, 4.69) is 5.32 Å². The maximum absolute atomic E-state index is 12.2. The number of rotatable bonds is 7. The summed E-state index contributed by atoms with van der Waals surface area (Å²) in [5.41, 5.74) is 0. The van der Waals surface area contributed by atoms with Crippen LogP contribution in [0, 0.1) is 0 Å². The van der Waals surface area contributed by atoms with E-state index in [0.29, 0.717) is 19.0 Å². The van der Waals surface area contributed by atoms with E-state index >= 15 is 0 Å². The highest BCUT2D eigenvalue weighted by Crippen LogP contribution is 2.21. The topological polar surface area (TPSA) is 52.7 Å². The standard InChI is InChI=1S/C15H29N3O2/c1-4-16-11-10-14(19)17(2)12-15(20)18(3)13-8-6-5-7-9-13/h13,16H,4-12H2,1-3H3. The summed E-state index contributed by atoms with van der Waals surface area (Å²) in [7, 11) is 3.58. The lowest BCUT2D eigenvalue weighted by Gasteiger charge is -2.32. The molecule has 0 aliphatic heterocycles. The first-order chi connectivity index (χ1) is 9.56. The lowest BCUT2D eigenvalue weighted by molar-refractivity contribution is -0.140. The van der Waals surface area contributed by atoms with Crippen LogP contribution in [-0.4, -0.2) is 61.4 Å². The second kappa shape index (κ2) is 8.95. The normalized spacial score (nSPS) is 15.9. The van der Waals surface area contributed by atoms with Crippen molar-refractivity contribution < 1.29 is 9.59 Å². The van der Waals surface area contributed by atoms with E-state index in [1.165, 1.54) is 19.3 Å². The molecule has 0 heterocycles. The summed E-state index contributed by atoms with van der Waals surface area (Å²) in [6.07, 6.45) is 6.34. The van der Waals surface area contributed by atoms with Crippen LogP contribution in [0.1, 0.15) is 45.4 Å². The fraction of sp³-hybridized carbons (Fsp3) is 0.867. The number of carbonyl (C=O) groups excluding carboxylic acids is 2. The van der Waals surface area contributed by atoms with Crippen LogP contribution in [0.2, 0.25) is 0 Å². The fourth-order valence-corrected chi connectivity index (χ4v) is 2.64. The molecular weight excluding hydrogens is 254 g/mol. The molecule has 0 spiro atoms. The number of amides is 2. The number of hydrogen-bond acceptors (Lipinski definition) is 3. The van der Waals surface area contributed by atoms with Gasteiger partial charge in [0.05, 0.1) is 6.54 Å². The quantitative estimate of drug-likeness (QED) is 0.715. The Morgan fingerprint density at radius 2 is 1.75 bits per heavy atom. The molecule has 1 aliphatic rings. The predicted octanol–water partition coefficient (Wildman–Crippen LogP) is 1.24. The number of nitrogens with one attached hydrogen (secondary N) is 1. The highest BCUT2D eigenvalue weighted by Gasteiger charge is 2.23. The molecule has 0 bridgehead atoms. The molecule has 0 saturated heterocycles. The average Bonchev–Trinajstić information content (AvgIpc) is 2.47. The van der Waals surface area contributed by atoms with Gasteiger partial charge in [-0.15, -0.1) is 0 Å². The van der Waals surface area contributed by atoms with Crippen molar-refractivity contribution in [3.05, 3.63) is 0 Å². The molecule has 1 saturated carbocycles. The largest absolute Gasteiger partial charge is 0.341 e. The van der Waals surface area contributed by atoms with Crippen LogP contribution >= 0.6 is 0 Å². The van der Waals surface area contributed by atoms with Gasteiger partial charge in [0.2, 0.25) is 11.8 Å². The fourth-order valence-electron chi connectivity index (χ4n) is 2.64. The zero-order chi connectivity index (χ0) is 15.0. The highest BCUT2D eigenvalue weighted by molar-refractivity contribution is 5.84. The highest BCUT2D eigenvalue weighted by atomic mass is 16.2. The molecule has 0 unspecified atom stereocenters. The molecule has 2 amide bonds. The van der Waals surface area contributed by atoms with E-state index in [1.807, 2.05) is 18.9 Å². The van der Waals surface area contributed by atoms with Gasteiger partial charge in [0.25, 0.3) is 0 Å². The third kappa shape index (κ3) is 5.49. The lowest BCUT2D eigenvalue weighted by atomic mass is 9.94. The molecule has 1 N–H and O–H groups in total. The molecule has 0 atom stereocenters. The van der Waals surface area contributed by atoms with E-state index < -0.39 is 0 Å². The van der Waals surface area contributed by atoms with E-state index in [4.69, 9.17) is 0 Å². The van der Waals surface area contributed by atoms with Crippen LogP contribution in [0.4, 0.5) is 0 Å². The van der Waals surface area contributed by atoms with Gasteiger partial charge in [-0.1, -0.05) is 26.2 Å². The summed E-state index contributed by atoms with van der Waals surface area (Å²) < 4.78 is 0. The minimum Gasteiger partial charge on any atom is -0.341 e. The van der Waals surface area contributed by atoms with Gasteiger partial charge in [0.15, 0.2) is 0 Å². The van der Waals surface area contributed by atoms with Crippen LogP contribution in [0.25, 0.3) is 0 Å². The minimum absolute atomic E-state index is 0.0244. The SMILES string of the molecule is CCNCCC(=O)N(C)CC(=O)N(C)C1CCCCC1. The van der Waals surface area contributed by atoms with Crippen LogP contribution in [-0.2, 0) is 9.59 Å². The van der Waals surface area contributed by atoms with Crippen LogP contribution in [0.3, 0.4) is 0 Å². The Hall–Kier alpha value is -1.10. The van der Waals surface area contributed by atoms with Crippen molar-refractivity contribution in [2.24, 2.45) is 0 Å². The second-order valence-electron chi connectivity index (χ2n) is 5.65. The Morgan fingerprint density at radius 3 is 2.35 bits per heavy atom. The number of carbonyl (C=O) groups is 2. The molecule has 0 aromatic rings. The van der Waals surface area contributed by atoms with E-state index in [9.17, 15) is 9.59 Å². The maximum atomic E-state index is 12.2. The Morgan fingerprint density at radius 1 is 1.10 bits per heavy atom.